The standard InChI is InChI=1S/C13H16N4O/c1-17-7-6-15-9-12(17)13(18)16-11-4-2-10(8-14)3-5-11/h2-5,12,15H,6-7,9H2,1H3,(H,16,18). The van der Waals surface area contributed by atoms with Gasteiger partial charge in [-0.25, -0.2) is 0 Å². The van der Waals surface area contributed by atoms with E-state index in [1.54, 1.807) is 24.3 Å². The second kappa shape index (κ2) is 5.63. The number of nitriles is 1. The van der Waals surface area contributed by atoms with Crippen LogP contribution in [0.25, 0.3) is 0 Å². The molecule has 0 bridgehead atoms. The first-order valence-corrected chi connectivity index (χ1v) is 5.92. The summed E-state index contributed by atoms with van der Waals surface area (Å²) < 4.78 is 0. The van der Waals surface area contributed by atoms with Gasteiger partial charge in [0.2, 0.25) is 5.91 Å². The maximum atomic E-state index is 12.1. The topological polar surface area (TPSA) is 68.2 Å². The molecule has 2 N–H and O–H groups in total. The number of carbonyl (C=O) groups is 1. The quantitative estimate of drug-likeness (QED) is 0.790. The van der Waals surface area contributed by atoms with Crippen LogP contribution in [0.3, 0.4) is 0 Å². The molecule has 2 rings (SSSR count). The van der Waals surface area contributed by atoms with Gasteiger partial charge in [-0.1, -0.05) is 0 Å². The third-order valence-electron chi connectivity index (χ3n) is 3.10. The minimum Gasteiger partial charge on any atom is -0.325 e. The Bertz CT molecular complexity index is 463. The Kier molecular flexibility index (Phi) is 3.92. The molecule has 1 amide bonds. The van der Waals surface area contributed by atoms with E-state index in [9.17, 15) is 4.79 Å². The van der Waals surface area contributed by atoms with Crippen molar-refractivity contribution in [2.45, 2.75) is 6.04 Å². The minimum absolute atomic E-state index is 0.0191. The summed E-state index contributed by atoms with van der Waals surface area (Å²) in [5.41, 5.74) is 1.31. The first kappa shape index (κ1) is 12.6. The molecule has 1 atom stereocenters. The fraction of sp³-hybridized carbons (Fsp3) is 0.385. The molecular weight excluding hydrogens is 228 g/mol. The SMILES string of the molecule is CN1CCNCC1C(=O)Nc1ccc(C#N)cc1. The molecule has 0 spiro atoms. The third kappa shape index (κ3) is 2.86. The third-order valence-corrected chi connectivity index (χ3v) is 3.10. The minimum atomic E-state index is -0.144. The second-order valence-electron chi connectivity index (χ2n) is 4.38. The Morgan fingerprint density at radius 2 is 2.22 bits per heavy atom. The lowest BCUT2D eigenvalue weighted by atomic mass is 10.1. The predicted molar refractivity (Wildman–Crippen MR) is 69.1 cm³/mol. The molecule has 1 saturated heterocycles. The molecule has 0 radical (unpaired) electrons. The van der Waals surface area contributed by atoms with Gasteiger partial charge in [0.05, 0.1) is 11.6 Å². The molecule has 5 heteroatoms. The van der Waals surface area contributed by atoms with Crippen LogP contribution in [0.4, 0.5) is 5.69 Å². The normalized spacial score (nSPS) is 20.1. The van der Waals surface area contributed by atoms with E-state index >= 15 is 0 Å². The highest BCUT2D eigenvalue weighted by Gasteiger charge is 2.25. The van der Waals surface area contributed by atoms with Gasteiger partial charge in [-0.15, -0.1) is 0 Å². The molecule has 5 nitrogen and oxygen atoms in total. The van der Waals surface area contributed by atoms with Crippen LogP contribution < -0.4 is 10.6 Å². The highest BCUT2D eigenvalue weighted by Crippen LogP contribution is 2.10. The smallest absolute Gasteiger partial charge is 0.243 e. The van der Waals surface area contributed by atoms with Crippen molar-refractivity contribution < 1.29 is 4.79 Å². The summed E-state index contributed by atoms with van der Waals surface area (Å²) in [6.07, 6.45) is 0. The Morgan fingerprint density at radius 3 is 2.83 bits per heavy atom. The zero-order valence-electron chi connectivity index (χ0n) is 10.3. The van der Waals surface area contributed by atoms with Gasteiger partial charge in [-0.3, -0.25) is 9.69 Å². The molecule has 0 saturated carbocycles. The predicted octanol–water partition coefficient (Wildman–Crippen LogP) is 0.400. The maximum absolute atomic E-state index is 12.1. The van der Waals surface area contributed by atoms with Crippen molar-refractivity contribution in [1.29, 1.82) is 5.26 Å². The summed E-state index contributed by atoms with van der Waals surface area (Å²) in [7, 11) is 1.95. The number of piperazine rings is 1. The average molecular weight is 244 g/mol. The number of carbonyl (C=O) groups excluding carboxylic acids is 1. The van der Waals surface area contributed by atoms with Crippen molar-refractivity contribution in [2.75, 3.05) is 32.0 Å². The number of nitrogens with one attached hydrogen (secondary N) is 2. The monoisotopic (exact) mass is 244 g/mol. The fourth-order valence-corrected chi connectivity index (χ4v) is 1.95. The lowest BCUT2D eigenvalue weighted by molar-refractivity contribution is -0.121. The first-order chi connectivity index (χ1) is 8.70. The maximum Gasteiger partial charge on any atom is 0.243 e. The van der Waals surface area contributed by atoms with E-state index in [-0.39, 0.29) is 11.9 Å². The van der Waals surface area contributed by atoms with Crippen LogP contribution in [0.2, 0.25) is 0 Å². The van der Waals surface area contributed by atoms with Gasteiger partial charge < -0.3 is 10.6 Å². The van der Waals surface area contributed by atoms with E-state index in [0.29, 0.717) is 12.1 Å². The molecule has 1 heterocycles. The van der Waals surface area contributed by atoms with Crippen molar-refractivity contribution >= 4 is 11.6 Å². The van der Waals surface area contributed by atoms with Gasteiger partial charge >= 0.3 is 0 Å². The van der Waals surface area contributed by atoms with Crippen molar-refractivity contribution in [3.63, 3.8) is 0 Å². The molecule has 1 unspecified atom stereocenters. The molecule has 1 aliphatic rings. The van der Waals surface area contributed by atoms with Gasteiger partial charge in [-0.2, -0.15) is 5.26 Å². The summed E-state index contributed by atoms with van der Waals surface area (Å²) in [5.74, 6) is -0.0191. The highest BCUT2D eigenvalue weighted by molar-refractivity contribution is 5.95. The Hall–Kier alpha value is -1.90. The zero-order chi connectivity index (χ0) is 13.0. The molecule has 1 aromatic rings. The number of nitrogens with zero attached hydrogens (tertiary/aromatic N) is 2. The van der Waals surface area contributed by atoms with Gasteiger partial charge in [0, 0.05) is 25.3 Å². The number of benzene rings is 1. The van der Waals surface area contributed by atoms with Crippen LogP contribution in [0.5, 0.6) is 0 Å². The summed E-state index contributed by atoms with van der Waals surface area (Å²) in [6.45, 7) is 2.45. The summed E-state index contributed by atoms with van der Waals surface area (Å²) in [5, 5.41) is 14.8. The van der Waals surface area contributed by atoms with Crippen LogP contribution in [0.15, 0.2) is 24.3 Å². The molecule has 18 heavy (non-hydrogen) atoms. The number of likely N-dealkylation sites (N-methyl/N-ethyl adjacent to an activating group) is 1. The van der Waals surface area contributed by atoms with Crippen LogP contribution >= 0.6 is 0 Å². The number of rotatable bonds is 2. The molecule has 0 aliphatic carbocycles. The Morgan fingerprint density at radius 1 is 1.50 bits per heavy atom. The van der Waals surface area contributed by atoms with Gasteiger partial charge in [0.25, 0.3) is 0 Å². The molecule has 1 fully saturated rings. The van der Waals surface area contributed by atoms with Gasteiger partial charge in [-0.05, 0) is 31.3 Å². The van der Waals surface area contributed by atoms with Crippen molar-refractivity contribution in [3.05, 3.63) is 29.8 Å². The zero-order valence-corrected chi connectivity index (χ0v) is 10.3. The van der Waals surface area contributed by atoms with Crippen LogP contribution in [0, 0.1) is 11.3 Å². The van der Waals surface area contributed by atoms with Gasteiger partial charge in [0.1, 0.15) is 6.04 Å². The summed E-state index contributed by atoms with van der Waals surface area (Å²) in [4.78, 5) is 14.1. The second-order valence-corrected chi connectivity index (χ2v) is 4.38. The number of amides is 1. The van der Waals surface area contributed by atoms with E-state index in [1.807, 2.05) is 18.0 Å². The first-order valence-electron chi connectivity index (χ1n) is 5.92. The van der Waals surface area contributed by atoms with Crippen LogP contribution in [0.1, 0.15) is 5.56 Å². The number of anilines is 1. The lowest BCUT2D eigenvalue weighted by Crippen LogP contribution is -2.54. The van der Waals surface area contributed by atoms with Crippen LogP contribution in [-0.4, -0.2) is 43.5 Å². The average Bonchev–Trinajstić information content (AvgIpc) is 2.40. The molecule has 1 aliphatic heterocycles. The van der Waals surface area contributed by atoms with Crippen molar-refractivity contribution in [1.82, 2.24) is 10.2 Å². The Labute approximate surface area is 106 Å². The van der Waals surface area contributed by atoms with E-state index in [1.165, 1.54) is 0 Å². The number of hydrogen-bond acceptors (Lipinski definition) is 4. The molecule has 1 aromatic carbocycles. The highest BCUT2D eigenvalue weighted by atomic mass is 16.2. The number of hydrogen-bond donors (Lipinski definition) is 2. The van der Waals surface area contributed by atoms with Crippen molar-refractivity contribution in [3.8, 4) is 6.07 Å². The fourth-order valence-electron chi connectivity index (χ4n) is 1.95. The van der Waals surface area contributed by atoms with E-state index in [4.69, 9.17) is 5.26 Å². The summed E-state index contributed by atoms with van der Waals surface area (Å²) in [6, 6.07) is 8.77. The molecule has 94 valence electrons. The van der Waals surface area contributed by atoms with Crippen LogP contribution in [-0.2, 0) is 4.79 Å². The van der Waals surface area contributed by atoms with E-state index < -0.39 is 0 Å². The van der Waals surface area contributed by atoms with E-state index in [0.717, 1.165) is 18.8 Å². The lowest BCUT2D eigenvalue weighted by Gasteiger charge is -2.31. The summed E-state index contributed by atoms with van der Waals surface area (Å²) >= 11 is 0. The van der Waals surface area contributed by atoms with E-state index in [2.05, 4.69) is 10.6 Å². The van der Waals surface area contributed by atoms with Gasteiger partial charge in [0.15, 0.2) is 0 Å². The molecule has 0 aromatic heterocycles. The largest absolute Gasteiger partial charge is 0.325 e. The van der Waals surface area contributed by atoms with Crippen molar-refractivity contribution in [2.24, 2.45) is 0 Å². The molecular formula is C13H16N4O. The Balaban J connectivity index is 1.99.